The maximum absolute atomic E-state index is 13.0. The molecule has 0 radical (unpaired) electrons. The molecular formula is C26H41N3O5. The number of hydrogen-bond acceptors (Lipinski definition) is 7. The van der Waals surface area contributed by atoms with E-state index < -0.39 is 6.10 Å². The van der Waals surface area contributed by atoms with Crippen molar-refractivity contribution in [2.45, 2.75) is 51.0 Å². The third kappa shape index (κ3) is 8.42. The number of phenolic OH excluding ortho intramolecular Hbond substituents is 1. The Balaban J connectivity index is 1.89. The number of aliphatic hydroxyl groups is 1. The van der Waals surface area contributed by atoms with E-state index in [0.29, 0.717) is 55.9 Å². The fourth-order valence-corrected chi connectivity index (χ4v) is 4.58. The van der Waals surface area contributed by atoms with Crippen LogP contribution in [0.2, 0.25) is 0 Å². The summed E-state index contributed by atoms with van der Waals surface area (Å²) in [5.41, 5.74) is 1.65. The number of allylic oxidation sites excluding steroid dienone is 1. The zero-order chi connectivity index (χ0) is 24.8. The van der Waals surface area contributed by atoms with E-state index >= 15 is 0 Å². The molecule has 0 bridgehead atoms. The van der Waals surface area contributed by atoms with E-state index in [9.17, 15) is 19.8 Å². The number of carbonyl (C=O) groups is 2. The molecule has 0 heterocycles. The summed E-state index contributed by atoms with van der Waals surface area (Å²) in [6.07, 6.45) is 9.84. The molecule has 34 heavy (non-hydrogen) atoms. The minimum atomic E-state index is -0.819. The van der Waals surface area contributed by atoms with Crippen molar-refractivity contribution in [2.75, 3.05) is 52.3 Å². The van der Waals surface area contributed by atoms with Crippen LogP contribution in [0, 0.1) is 5.92 Å². The fraction of sp³-hybridized carbons (Fsp3) is 0.615. The highest BCUT2D eigenvalue weighted by Gasteiger charge is 2.25. The summed E-state index contributed by atoms with van der Waals surface area (Å²) in [6, 6.07) is 3.19. The highest BCUT2D eigenvalue weighted by Crippen LogP contribution is 2.34. The summed E-state index contributed by atoms with van der Waals surface area (Å²) in [4.78, 5) is 25.8. The number of methoxy groups -OCH3 is 1. The van der Waals surface area contributed by atoms with Crippen molar-refractivity contribution in [3.05, 3.63) is 29.3 Å². The molecule has 0 saturated heterocycles. The Bertz CT molecular complexity index is 793. The normalized spacial score (nSPS) is 15.4. The smallest absolute Gasteiger partial charge is 0.225 e. The maximum Gasteiger partial charge on any atom is 0.225 e. The van der Waals surface area contributed by atoms with Gasteiger partial charge in [0.25, 0.3) is 0 Å². The lowest BCUT2D eigenvalue weighted by Crippen LogP contribution is -2.39. The van der Waals surface area contributed by atoms with Gasteiger partial charge in [0.2, 0.25) is 5.91 Å². The number of carbonyl (C=O) groups excluding carboxylic acids is 2. The van der Waals surface area contributed by atoms with E-state index in [1.165, 1.54) is 18.6 Å². The molecular weight excluding hydrogens is 434 g/mol. The van der Waals surface area contributed by atoms with Crippen molar-refractivity contribution in [3.63, 3.8) is 0 Å². The Hall–Kier alpha value is -2.42. The van der Waals surface area contributed by atoms with Gasteiger partial charge in [0.1, 0.15) is 12.0 Å². The van der Waals surface area contributed by atoms with E-state index in [2.05, 4.69) is 10.6 Å². The van der Waals surface area contributed by atoms with E-state index in [1.807, 2.05) is 4.90 Å². The number of hydrogen-bond donors (Lipinski definition) is 4. The largest absolute Gasteiger partial charge is 0.506 e. The van der Waals surface area contributed by atoms with Gasteiger partial charge in [-0.25, -0.2) is 0 Å². The lowest BCUT2D eigenvalue weighted by molar-refractivity contribution is -0.136. The molecule has 1 fully saturated rings. The Morgan fingerprint density at radius 1 is 1.24 bits per heavy atom. The highest BCUT2D eigenvalue weighted by molar-refractivity contribution is 5.81. The predicted octanol–water partition coefficient (Wildman–Crippen LogP) is 3.10. The summed E-state index contributed by atoms with van der Waals surface area (Å²) in [5.74, 6) is 0.471. The lowest BCUT2D eigenvalue weighted by atomic mass is 9.88. The molecule has 8 heteroatoms. The van der Waals surface area contributed by atoms with Crippen LogP contribution in [0.25, 0.3) is 6.08 Å². The van der Waals surface area contributed by atoms with E-state index in [4.69, 9.17) is 4.74 Å². The zero-order valence-corrected chi connectivity index (χ0v) is 20.6. The Labute approximate surface area is 203 Å². The van der Waals surface area contributed by atoms with Crippen LogP contribution < -0.4 is 10.6 Å². The summed E-state index contributed by atoms with van der Waals surface area (Å²) < 4.78 is 5.16. The second-order valence-corrected chi connectivity index (χ2v) is 8.79. The average molecular weight is 476 g/mol. The number of aromatic hydroxyl groups is 1. The van der Waals surface area contributed by atoms with Gasteiger partial charge in [-0.05, 0) is 56.0 Å². The van der Waals surface area contributed by atoms with Crippen LogP contribution in [0.4, 0.5) is 5.69 Å². The summed E-state index contributed by atoms with van der Waals surface area (Å²) in [5, 5.41) is 27.0. The average Bonchev–Trinajstić information content (AvgIpc) is 2.86. The quantitative estimate of drug-likeness (QED) is 0.133. The van der Waals surface area contributed by atoms with Crippen LogP contribution in [0.1, 0.15) is 62.2 Å². The first kappa shape index (κ1) is 27.8. The Kier molecular flexibility index (Phi) is 12.7. The first-order chi connectivity index (χ1) is 16.5. The van der Waals surface area contributed by atoms with Crippen LogP contribution in [-0.4, -0.2) is 74.2 Å². The van der Waals surface area contributed by atoms with Crippen molar-refractivity contribution in [2.24, 2.45) is 5.92 Å². The second kappa shape index (κ2) is 15.5. The van der Waals surface area contributed by atoms with Crippen molar-refractivity contribution in [3.8, 4) is 5.75 Å². The number of aliphatic hydroxyl groups excluding tert-OH is 1. The van der Waals surface area contributed by atoms with E-state index in [-0.39, 0.29) is 17.6 Å². The van der Waals surface area contributed by atoms with Gasteiger partial charge in [0.05, 0.1) is 11.8 Å². The molecule has 0 aromatic heterocycles. The SMILES string of the molecule is CNc1c(O)ccc(C(O)CNCCCN(CCCOC)C(=O)C2CCCCC2)c1/C=C\C=O. The van der Waals surface area contributed by atoms with Crippen molar-refractivity contribution < 1.29 is 24.5 Å². The third-order valence-corrected chi connectivity index (χ3v) is 6.37. The minimum Gasteiger partial charge on any atom is -0.506 e. The lowest BCUT2D eigenvalue weighted by Gasteiger charge is -2.29. The second-order valence-electron chi connectivity index (χ2n) is 8.79. The number of nitrogens with one attached hydrogen (secondary N) is 2. The molecule has 1 unspecified atom stereocenters. The van der Waals surface area contributed by atoms with Gasteiger partial charge in [0.15, 0.2) is 0 Å². The monoisotopic (exact) mass is 475 g/mol. The number of amides is 1. The number of ether oxygens (including phenoxy) is 1. The van der Waals surface area contributed by atoms with Crippen LogP contribution in [0.5, 0.6) is 5.75 Å². The van der Waals surface area contributed by atoms with Gasteiger partial charge < -0.3 is 30.5 Å². The molecule has 1 aromatic carbocycles. The molecule has 1 atom stereocenters. The van der Waals surface area contributed by atoms with Gasteiger partial charge in [0, 0.05) is 51.9 Å². The first-order valence-electron chi connectivity index (χ1n) is 12.3. The van der Waals surface area contributed by atoms with Crippen LogP contribution in [0.3, 0.4) is 0 Å². The number of anilines is 1. The van der Waals surface area contributed by atoms with Gasteiger partial charge in [-0.15, -0.1) is 0 Å². The molecule has 1 saturated carbocycles. The number of phenols is 1. The Morgan fingerprint density at radius 2 is 1.97 bits per heavy atom. The van der Waals surface area contributed by atoms with Gasteiger partial charge in [-0.3, -0.25) is 9.59 Å². The van der Waals surface area contributed by atoms with Crippen LogP contribution >= 0.6 is 0 Å². The van der Waals surface area contributed by atoms with Crippen molar-refractivity contribution in [1.29, 1.82) is 0 Å². The predicted molar refractivity (Wildman–Crippen MR) is 135 cm³/mol. The molecule has 1 amide bonds. The van der Waals surface area contributed by atoms with Crippen LogP contribution in [-0.2, 0) is 14.3 Å². The molecule has 1 aliphatic rings. The van der Waals surface area contributed by atoms with E-state index in [1.54, 1.807) is 26.3 Å². The molecule has 8 nitrogen and oxygen atoms in total. The summed E-state index contributed by atoms with van der Waals surface area (Å²) in [7, 11) is 3.35. The number of rotatable bonds is 15. The van der Waals surface area contributed by atoms with Gasteiger partial charge in [-0.1, -0.05) is 25.3 Å². The van der Waals surface area contributed by atoms with Crippen LogP contribution in [0.15, 0.2) is 18.2 Å². The third-order valence-electron chi connectivity index (χ3n) is 6.37. The molecule has 0 aliphatic heterocycles. The molecule has 2 rings (SSSR count). The van der Waals surface area contributed by atoms with Crippen molar-refractivity contribution >= 4 is 24.0 Å². The Morgan fingerprint density at radius 3 is 2.65 bits per heavy atom. The van der Waals surface area contributed by atoms with E-state index in [0.717, 1.165) is 38.5 Å². The highest BCUT2D eigenvalue weighted by atomic mass is 16.5. The summed E-state index contributed by atoms with van der Waals surface area (Å²) in [6.45, 7) is 3.00. The molecule has 4 N–H and O–H groups in total. The number of aldehydes is 1. The first-order valence-corrected chi connectivity index (χ1v) is 12.3. The number of benzene rings is 1. The molecule has 1 aliphatic carbocycles. The number of nitrogens with zero attached hydrogens (tertiary/aromatic N) is 1. The summed E-state index contributed by atoms with van der Waals surface area (Å²) >= 11 is 0. The van der Waals surface area contributed by atoms with Gasteiger partial charge >= 0.3 is 0 Å². The molecule has 0 spiro atoms. The topological polar surface area (TPSA) is 111 Å². The zero-order valence-electron chi connectivity index (χ0n) is 20.6. The molecule has 1 aromatic rings. The minimum absolute atomic E-state index is 0.0492. The van der Waals surface area contributed by atoms with Gasteiger partial charge in [-0.2, -0.15) is 0 Å². The standard InChI is InChI=1S/C26H41N3O5/c1-27-25-22(11-6-17-30)21(12-13-23(25)31)24(32)19-28-14-7-15-29(16-8-18-34-2)26(33)20-9-4-3-5-10-20/h6,11-13,17,20,24,27-28,31-32H,3-5,7-10,14-16,18-19H2,1-2H3/b11-6-. The fourth-order valence-electron chi connectivity index (χ4n) is 4.58. The molecule has 190 valence electrons. The van der Waals surface area contributed by atoms with Crippen molar-refractivity contribution in [1.82, 2.24) is 10.2 Å². The maximum atomic E-state index is 13.0.